The van der Waals surface area contributed by atoms with E-state index < -0.39 is 29.3 Å². The van der Waals surface area contributed by atoms with Crippen molar-refractivity contribution in [1.29, 1.82) is 0 Å². The molecule has 0 radical (unpaired) electrons. The van der Waals surface area contributed by atoms with Gasteiger partial charge >= 0.3 is 0 Å². The molecule has 0 unspecified atom stereocenters. The molecular weight excluding hydrogens is 309 g/mol. The third-order valence-corrected chi connectivity index (χ3v) is 4.32. The maximum atomic E-state index is 11.2. The Bertz CT molecular complexity index is 770. The molecule has 1 aromatic rings. The molecule has 0 aromatic heterocycles. The summed E-state index contributed by atoms with van der Waals surface area (Å²) in [5, 5.41) is -0.403. The summed E-state index contributed by atoms with van der Waals surface area (Å²) in [5.41, 5.74) is 0.331. The van der Waals surface area contributed by atoms with Gasteiger partial charge in [-0.2, -0.15) is 8.42 Å². The largest absolute Gasteiger partial charge is 0.280 e. The van der Waals surface area contributed by atoms with E-state index in [1.54, 1.807) is 0 Å². The number of fused-ring (bicyclic) bond motifs is 1. The lowest BCUT2D eigenvalue weighted by molar-refractivity contribution is 0.619. The molecule has 1 heterocycles. The van der Waals surface area contributed by atoms with E-state index in [0.717, 1.165) is 0 Å². The molecule has 1 aliphatic rings. The van der Waals surface area contributed by atoms with Gasteiger partial charge in [0.25, 0.3) is 9.05 Å². The number of hydrogen-bond acceptors (Lipinski definition) is 5. The molecule has 2 rings (SSSR count). The molecule has 0 saturated carbocycles. The van der Waals surface area contributed by atoms with Crippen molar-refractivity contribution >= 4 is 57.2 Å². The summed E-state index contributed by atoms with van der Waals surface area (Å²) in [4.78, 5) is 3.21. The molecule has 0 spiro atoms. The van der Waals surface area contributed by atoms with Gasteiger partial charge in [0, 0.05) is 21.3 Å². The number of nitrogens with zero attached hydrogens (tertiary/aromatic N) is 1. The molecule has 90 valence electrons. The Morgan fingerprint density at radius 2 is 1.88 bits per heavy atom. The second-order valence-electron chi connectivity index (χ2n) is 3.08. The molecule has 5 nitrogen and oxygen atoms in total. The lowest BCUT2D eigenvalue weighted by Gasteiger charge is -1.97. The molecule has 0 fully saturated rings. The topological polar surface area (TPSA) is 80.6 Å². The van der Waals surface area contributed by atoms with Crippen LogP contribution >= 0.6 is 22.3 Å². The Morgan fingerprint density at radius 1 is 1.24 bits per heavy atom. The second kappa shape index (κ2) is 4.09. The van der Waals surface area contributed by atoms with Crippen LogP contribution in [0.15, 0.2) is 23.2 Å². The number of halogens is 2. The van der Waals surface area contributed by atoms with Gasteiger partial charge in [0.05, 0.1) is 5.69 Å². The van der Waals surface area contributed by atoms with Gasteiger partial charge < -0.3 is 0 Å². The average molecular weight is 312 g/mol. The zero-order valence-corrected chi connectivity index (χ0v) is 11.0. The van der Waals surface area contributed by atoms with E-state index >= 15 is 0 Å². The SMILES string of the molecule is O=S(=O)=C1C(S(=O)(=O)Cl)=Nc2ccc(Cl)cc21. The summed E-state index contributed by atoms with van der Waals surface area (Å²) in [6.07, 6.45) is 0. The molecule has 0 saturated heterocycles. The number of rotatable bonds is 0. The van der Waals surface area contributed by atoms with Crippen LogP contribution < -0.4 is 0 Å². The van der Waals surface area contributed by atoms with Crippen molar-refractivity contribution in [2.24, 2.45) is 4.99 Å². The van der Waals surface area contributed by atoms with Crippen LogP contribution in [0.1, 0.15) is 5.56 Å². The van der Waals surface area contributed by atoms with E-state index in [0.29, 0.717) is 0 Å². The molecule has 1 aromatic carbocycles. The summed E-state index contributed by atoms with van der Waals surface area (Å²) in [6.45, 7) is 0. The van der Waals surface area contributed by atoms with Crippen LogP contribution in [0.2, 0.25) is 5.02 Å². The zero-order valence-electron chi connectivity index (χ0n) is 7.88. The van der Waals surface area contributed by atoms with E-state index in [4.69, 9.17) is 22.3 Å². The molecule has 0 atom stereocenters. The third-order valence-electron chi connectivity index (χ3n) is 2.02. The molecule has 1 aliphatic heterocycles. The van der Waals surface area contributed by atoms with Crippen LogP contribution in [-0.4, -0.2) is 26.7 Å². The summed E-state index contributed by atoms with van der Waals surface area (Å²) < 4.78 is 44.5. The van der Waals surface area contributed by atoms with Gasteiger partial charge in [0.15, 0.2) is 5.04 Å². The molecule has 17 heavy (non-hydrogen) atoms. The molecule has 0 amide bonds. The quantitative estimate of drug-likeness (QED) is 0.535. The number of benzene rings is 1. The monoisotopic (exact) mass is 311 g/mol. The normalized spacial score (nSPS) is 14.5. The fourth-order valence-corrected chi connectivity index (χ4v) is 3.64. The minimum absolute atomic E-state index is 0.130. The van der Waals surface area contributed by atoms with Crippen molar-refractivity contribution in [1.82, 2.24) is 0 Å². The van der Waals surface area contributed by atoms with Gasteiger partial charge in [0.1, 0.15) is 4.86 Å². The van der Waals surface area contributed by atoms with Crippen molar-refractivity contribution in [2.75, 3.05) is 0 Å². The number of hydrogen-bond donors (Lipinski definition) is 0. The van der Waals surface area contributed by atoms with Crippen LogP contribution in [0.4, 0.5) is 5.69 Å². The maximum absolute atomic E-state index is 11.2. The predicted molar refractivity (Wildman–Crippen MR) is 66.3 cm³/mol. The van der Waals surface area contributed by atoms with Crippen LogP contribution in [0, 0.1) is 0 Å². The average Bonchev–Trinajstić information content (AvgIpc) is 2.55. The summed E-state index contributed by atoms with van der Waals surface area (Å²) in [7, 11) is -1.88. The summed E-state index contributed by atoms with van der Waals surface area (Å²) in [6, 6.07) is 4.21. The Balaban J connectivity index is 2.86. The van der Waals surface area contributed by atoms with Gasteiger partial charge in [0.2, 0.25) is 10.3 Å². The summed E-state index contributed by atoms with van der Waals surface area (Å²) in [5.74, 6) is 0. The Labute approximate surface area is 108 Å². The first-order valence-corrected chi connectivity index (χ1v) is 7.87. The van der Waals surface area contributed by atoms with Crippen molar-refractivity contribution < 1.29 is 16.8 Å². The smallest absolute Gasteiger partial charge is 0.233 e. The molecule has 0 N–H and O–H groups in total. The summed E-state index contributed by atoms with van der Waals surface area (Å²) >= 11 is 5.71. The Morgan fingerprint density at radius 3 is 2.41 bits per heavy atom. The van der Waals surface area contributed by atoms with Gasteiger partial charge in [-0.05, 0) is 18.2 Å². The van der Waals surface area contributed by atoms with E-state index in [1.165, 1.54) is 18.2 Å². The lowest BCUT2D eigenvalue weighted by atomic mass is 10.1. The maximum Gasteiger partial charge on any atom is 0.280 e. The van der Waals surface area contributed by atoms with E-state index in [2.05, 4.69) is 4.99 Å². The fourth-order valence-electron chi connectivity index (χ4n) is 1.39. The zero-order chi connectivity index (χ0) is 12.8. The highest BCUT2D eigenvalue weighted by atomic mass is 35.7. The predicted octanol–water partition coefficient (Wildman–Crippen LogP) is 1.35. The molecule has 0 bridgehead atoms. The van der Waals surface area contributed by atoms with Gasteiger partial charge in [-0.15, -0.1) is 0 Å². The van der Waals surface area contributed by atoms with Gasteiger partial charge in [-0.25, -0.2) is 13.4 Å². The second-order valence-corrected chi connectivity index (χ2v) is 6.88. The first-order chi connectivity index (χ1) is 7.80. The van der Waals surface area contributed by atoms with Crippen LogP contribution in [0.5, 0.6) is 0 Å². The minimum atomic E-state index is -4.23. The van der Waals surface area contributed by atoms with E-state index in [1.807, 2.05) is 0 Å². The Kier molecular flexibility index (Phi) is 3.03. The first-order valence-electron chi connectivity index (χ1n) is 4.10. The van der Waals surface area contributed by atoms with Crippen molar-refractivity contribution in [3.8, 4) is 0 Å². The van der Waals surface area contributed by atoms with Crippen molar-refractivity contribution in [2.45, 2.75) is 0 Å². The molecular formula is C8H3Cl2NO4S2. The number of aliphatic imine (C=N–C) groups is 1. The van der Waals surface area contributed by atoms with Crippen LogP contribution in [0.25, 0.3) is 0 Å². The lowest BCUT2D eigenvalue weighted by Crippen LogP contribution is -2.18. The Hall–Kier alpha value is -0.890. The highest BCUT2D eigenvalue weighted by Crippen LogP contribution is 2.31. The van der Waals surface area contributed by atoms with Crippen LogP contribution in [0.3, 0.4) is 0 Å². The highest BCUT2D eigenvalue weighted by molar-refractivity contribution is 8.28. The first kappa shape index (κ1) is 12.6. The van der Waals surface area contributed by atoms with E-state index in [-0.39, 0.29) is 16.3 Å². The standard InChI is InChI=1S/C8H3Cl2NO4S2/c9-4-1-2-6-5(3-4)7(16(12)13)8(11-6)17(10,14)15/h1-3H. The molecule has 0 aliphatic carbocycles. The molecule has 9 heteroatoms. The van der Waals surface area contributed by atoms with Gasteiger partial charge in [-0.1, -0.05) is 11.6 Å². The third kappa shape index (κ3) is 2.23. The van der Waals surface area contributed by atoms with Crippen LogP contribution in [-0.2, 0) is 19.3 Å². The van der Waals surface area contributed by atoms with Gasteiger partial charge in [-0.3, -0.25) is 0 Å². The fraction of sp³-hybridized carbons (Fsp3) is 0. The van der Waals surface area contributed by atoms with Crippen molar-refractivity contribution in [3.05, 3.63) is 28.8 Å². The highest BCUT2D eigenvalue weighted by Gasteiger charge is 2.32. The van der Waals surface area contributed by atoms with E-state index in [9.17, 15) is 16.8 Å². The minimum Gasteiger partial charge on any atom is -0.233 e. The van der Waals surface area contributed by atoms with Crippen molar-refractivity contribution in [3.63, 3.8) is 0 Å².